The van der Waals surface area contributed by atoms with Gasteiger partial charge >= 0.3 is 0 Å². The lowest BCUT2D eigenvalue weighted by Crippen LogP contribution is -2.14. The van der Waals surface area contributed by atoms with Crippen molar-refractivity contribution in [3.63, 3.8) is 0 Å². The molecule has 0 bridgehead atoms. The summed E-state index contributed by atoms with van der Waals surface area (Å²) in [6.45, 7) is 1.98. The number of carbonyl (C=O) groups excluding carboxylic acids is 1. The van der Waals surface area contributed by atoms with Crippen LogP contribution in [-0.2, 0) is 4.79 Å². The van der Waals surface area contributed by atoms with Crippen molar-refractivity contribution in [2.75, 3.05) is 26.6 Å². The molecule has 1 amide bonds. The third-order valence-corrected chi connectivity index (χ3v) is 4.19. The van der Waals surface area contributed by atoms with Crippen molar-refractivity contribution in [1.29, 1.82) is 0 Å². The number of hydrogen-bond donors (Lipinski definition) is 1. The van der Waals surface area contributed by atoms with E-state index in [1.165, 1.54) is 0 Å². The minimum Gasteiger partial charge on any atom is -0.497 e. The van der Waals surface area contributed by atoms with Gasteiger partial charge in [-0.3, -0.25) is 4.79 Å². The molecule has 0 aliphatic heterocycles. The number of ether oxygens (including phenoxy) is 3. The fourth-order valence-corrected chi connectivity index (χ4v) is 2.83. The molecule has 134 valence electrons. The molecule has 2 rings (SSSR count). The van der Waals surface area contributed by atoms with Crippen LogP contribution in [0.4, 0.5) is 5.69 Å². The Morgan fingerprint density at radius 3 is 2.36 bits per heavy atom. The van der Waals surface area contributed by atoms with E-state index in [1.54, 1.807) is 39.5 Å². The lowest BCUT2D eigenvalue weighted by molar-refractivity contribution is -0.116. The van der Waals surface area contributed by atoms with Gasteiger partial charge in [-0.15, -0.1) is 0 Å². The summed E-state index contributed by atoms with van der Waals surface area (Å²) >= 11 is 6.08. The maximum absolute atomic E-state index is 12.3. The van der Waals surface area contributed by atoms with Crippen molar-refractivity contribution in [2.45, 2.75) is 19.3 Å². The second kappa shape index (κ2) is 8.62. The summed E-state index contributed by atoms with van der Waals surface area (Å²) in [6.07, 6.45) is 0.312. The number of rotatable bonds is 7. The van der Waals surface area contributed by atoms with E-state index in [0.29, 0.717) is 34.4 Å². The molecule has 0 heterocycles. The van der Waals surface area contributed by atoms with Gasteiger partial charge in [0.25, 0.3) is 0 Å². The lowest BCUT2D eigenvalue weighted by Gasteiger charge is -2.16. The fourth-order valence-electron chi connectivity index (χ4n) is 2.57. The second-order valence-corrected chi connectivity index (χ2v) is 6.02. The Hall–Kier alpha value is -2.40. The first-order valence-corrected chi connectivity index (χ1v) is 8.21. The third-order valence-electron chi connectivity index (χ3n) is 3.90. The van der Waals surface area contributed by atoms with Crippen LogP contribution in [-0.4, -0.2) is 27.2 Å². The summed E-state index contributed by atoms with van der Waals surface area (Å²) in [6, 6.07) is 10.7. The predicted octanol–water partition coefficient (Wildman–Crippen LogP) is 4.50. The molecule has 5 nitrogen and oxygen atoms in total. The molecular formula is C19H22ClNO4. The monoisotopic (exact) mass is 363 g/mol. The Kier molecular flexibility index (Phi) is 6.53. The van der Waals surface area contributed by atoms with Crippen LogP contribution in [0.5, 0.6) is 17.2 Å². The van der Waals surface area contributed by atoms with Crippen LogP contribution in [0.2, 0.25) is 5.02 Å². The van der Waals surface area contributed by atoms with Gasteiger partial charge in [0.1, 0.15) is 17.2 Å². The topological polar surface area (TPSA) is 56.8 Å². The van der Waals surface area contributed by atoms with Gasteiger partial charge in [-0.1, -0.05) is 24.6 Å². The van der Waals surface area contributed by atoms with E-state index in [4.69, 9.17) is 25.8 Å². The van der Waals surface area contributed by atoms with Crippen LogP contribution in [0.3, 0.4) is 0 Å². The summed E-state index contributed by atoms with van der Waals surface area (Å²) in [7, 11) is 4.75. The highest BCUT2D eigenvalue weighted by Crippen LogP contribution is 2.32. The highest BCUT2D eigenvalue weighted by atomic mass is 35.5. The average Bonchev–Trinajstić information content (AvgIpc) is 2.61. The number of amides is 1. The van der Waals surface area contributed by atoms with Gasteiger partial charge in [0.15, 0.2) is 0 Å². The van der Waals surface area contributed by atoms with E-state index in [1.807, 2.05) is 25.1 Å². The highest BCUT2D eigenvalue weighted by Gasteiger charge is 2.16. The molecule has 0 saturated heterocycles. The molecule has 1 N–H and O–H groups in total. The summed E-state index contributed by atoms with van der Waals surface area (Å²) in [5.74, 6) is 1.86. The number of anilines is 1. The maximum atomic E-state index is 12.3. The van der Waals surface area contributed by atoms with Crippen molar-refractivity contribution < 1.29 is 19.0 Å². The number of hydrogen-bond acceptors (Lipinski definition) is 4. The molecule has 0 aliphatic carbocycles. The van der Waals surface area contributed by atoms with Gasteiger partial charge in [0, 0.05) is 18.2 Å². The zero-order valence-electron chi connectivity index (χ0n) is 14.8. The Labute approximate surface area is 152 Å². The summed E-state index contributed by atoms with van der Waals surface area (Å²) < 4.78 is 15.7. The first kappa shape index (κ1) is 18.9. The summed E-state index contributed by atoms with van der Waals surface area (Å²) in [4.78, 5) is 12.3. The minimum absolute atomic E-state index is 0.0189. The van der Waals surface area contributed by atoms with Gasteiger partial charge < -0.3 is 19.5 Å². The Balaban J connectivity index is 2.06. The van der Waals surface area contributed by atoms with Crippen LogP contribution in [0.1, 0.15) is 24.8 Å². The summed E-state index contributed by atoms with van der Waals surface area (Å²) in [5, 5.41) is 3.30. The molecule has 0 spiro atoms. The number of methoxy groups -OCH3 is 3. The van der Waals surface area contributed by atoms with E-state index < -0.39 is 0 Å². The van der Waals surface area contributed by atoms with Crippen molar-refractivity contribution >= 4 is 23.2 Å². The smallest absolute Gasteiger partial charge is 0.224 e. The van der Waals surface area contributed by atoms with Crippen LogP contribution in [0, 0.1) is 0 Å². The van der Waals surface area contributed by atoms with Gasteiger partial charge in [0.05, 0.1) is 26.4 Å². The van der Waals surface area contributed by atoms with Crippen molar-refractivity contribution in [3.05, 3.63) is 47.0 Å². The van der Waals surface area contributed by atoms with Crippen LogP contribution in [0.25, 0.3) is 0 Å². The van der Waals surface area contributed by atoms with Crippen molar-refractivity contribution in [2.24, 2.45) is 0 Å². The lowest BCUT2D eigenvalue weighted by atomic mass is 9.96. The quantitative estimate of drug-likeness (QED) is 0.787. The second-order valence-electron chi connectivity index (χ2n) is 5.61. The number of benzene rings is 2. The molecule has 1 unspecified atom stereocenters. The molecular weight excluding hydrogens is 342 g/mol. The number of carbonyl (C=O) groups is 1. The van der Waals surface area contributed by atoms with E-state index in [2.05, 4.69) is 5.32 Å². The van der Waals surface area contributed by atoms with E-state index in [-0.39, 0.29) is 11.8 Å². The molecule has 0 saturated carbocycles. The Morgan fingerprint density at radius 2 is 1.76 bits per heavy atom. The normalized spacial score (nSPS) is 11.6. The van der Waals surface area contributed by atoms with Gasteiger partial charge in [-0.2, -0.15) is 0 Å². The maximum Gasteiger partial charge on any atom is 0.224 e. The largest absolute Gasteiger partial charge is 0.497 e. The SMILES string of the molecule is COc1ccc(C(C)CC(=O)Nc2ccc(OC)c(Cl)c2)c(OC)c1. The fraction of sp³-hybridized carbons (Fsp3) is 0.316. The van der Waals surface area contributed by atoms with E-state index in [0.717, 1.165) is 5.56 Å². The Bertz CT molecular complexity index is 748. The highest BCUT2D eigenvalue weighted by molar-refractivity contribution is 6.32. The van der Waals surface area contributed by atoms with Gasteiger partial charge in [-0.25, -0.2) is 0 Å². The van der Waals surface area contributed by atoms with Gasteiger partial charge in [-0.05, 0) is 35.7 Å². The third kappa shape index (κ3) is 4.79. The minimum atomic E-state index is -0.105. The molecule has 2 aromatic carbocycles. The first-order valence-electron chi connectivity index (χ1n) is 7.83. The van der Waals surface area contributed by atoms with Crippen LogP contribution >= 0.6 is 11.6 Å². The first-order chi connectivity index (χ1) is 12.0. The molecule has 1 atom stereocenters. The van der Waals surface area contributed by atoms with Gasteiger partial charge in [0.2, 0.25) is 5.91 Å². The molecule has 0 fully saturated rings. The molecule has 25 heavy (non-hydrogen) atoms. The Morgan fingerprint density at radius 1 is 1.04 bits per heavy atom. The van der Waals surface area contributed by atoms with Crippen LogP contribution < -0.4 is 19.5 Å². The van der Waals surface area contributed by atoms with Crippen LogP contribution in [0.15, 0.2) is 36.4 Å². The van der Waals surface area contributed by atoms with Crippen molar-refractivity contribution in [1.82, 2.24) is 0 Å². The zero-order chi connectivity index (χ0) is 18.4. The molecule has 0 aliphatic rings. The molecule has 0 aromatic heterocycles. The predicted molar refractivity (Wildman–Crippen MR) is 99.2 cm³/mol. The molecule has 2 aromatic rings. The zero-order valence-corrected chi connectivity index (χ0v) is 15.5. The molecule has 0 radical (unpaired) electrons. The number of nitrogens with one attached hydrogen (secondary N) is 1. The number of halogens is 1. The van der Waals surface area contributed by atoms with E-state index in [9.17, 15) is 4.79 Å². The average molecular weight is 364 g/mol. The summed E-state index contributed by atoms with van der Waals surface area (Å²) in [5.41, 5.74) is 1.58. The van der Waals surface area contributed by atoms with Crippen molar-refractivity contribution in [3.8, 4) is 17.2 Å². The molecule has 6 heteroatoms. The standard InChI is InChI=1S/C19H22ClNO4/c1-12(15-7-6-14(23-2)11-18(15)25-4)9-19(22)21-13-5-8-17(24-3)16(20)10-13/h5-8,10-12H,9H2,1-4H3,(H,21,22). The van der Waals surface area contributed by atoms with E-state index >= 15 is 0 Å².